The van der Waals surface area contributed by atoms with Crippen LogP contribution in [0.15, 0.2) is 89.9 Å². The molecule has 41 heavy (non-hydrogen) atoms. The zero-order valence-electron chi connectivity index (χ0n) is 22.4. The topological polar surface area (TPSA) is 145 Å². The Labute approximate surface area is 243 Å². The minimum atomic E-state index is -1.43. The predicted molar refractivity (Wildman–Crippen MR) is 159 cm³/mol. The van der Waals surface area contributed by atoms with E-state index in [1.165, 1.54) is 6.92 Å². The van der Waals surface area contributed by atoms with Gasteiger partial charge in [0.1, 0.15) is 0 Å². The summed E-state index contributed by atoms with van der Waals surface area (Å²) in [6, 6.07) is 22.5. The summed E-state index contributed by atoms with van der Waals surface area (Å²) < 4.78 is 0. The monoisotopic (exact) mass is 573 g/mol. The molecule has 11 heteroatoms. The summed E-state index contributed by atoms with van der Waals surface area (Å²) in [6.07, 6.45) is -1.40. The molecule has 1 aliphatic rings. The van der Waals surface area contributed by atoms with E-state index < -0.39 is 36.0 Å². The number of anilines is 1. The van der Waals surface area contributed by atoms with Gasteiger partial charge in [0.15, 0.2) is 18.0 Å². The normalized spacial score (nSPS) is 16.2. The van der Waals surface area contributed by atoms with Crippen LogP contribution in [0.1, 0.15) is 23.6 Å². The number of benzene rings is 3. The summed E-state index contributed by atoms with van der Waals surface area (Å²) in [5.41, 5.74) is 8.40. The molecule has 10 nitrogen and oxygen atoms in total. The Morgan fingerprint density at radius 2 is 1.63 bits per heavy atom. The van der Waals surface area contributed by atoms with Gasteiger partial charge in [-0.05, 0) is 11.6 Å². The highest BCUT2D eigenvalue weighted by molar-refractivity contribution is 7.80. The Kier molecular flexibility index (Phi) is 9.66. The van der Waals surface area contributed by atoms with Gasteiger partial charge in [-0.3, -0.25) is 24.7 Å². The molecule has 4 rings (SSSR count). The second kappa shape index (κ2) is 13.4. The van der Waals surface area contributed by atoms with Crippen LogP contribution in [0.5, 0.6) is 0 Å². The molecule has 0 aliphatic carbocycles. The third kappa shape index (κ3) is 6.71. The number of amides is 2. The van der Waals surface area contributed by atoms with Gasteiger partial charge in [0.05, 0.1) is 24.0 Å². The number of carbonyl (C=O) groups excluding carboxylic acids is 3. The number of nitrogens with zero attached hydrogens (tertiary/aromatic N) is 3. The van der Waals surface area contributed by atoms with E-state index in [9.17, 15) is 24.3 Å². The summed E-state index contributed by atoms with van der Waals surface area (Å²) >= 11 is 4.08. The van der Waals surface area contributed by atoms with Crippen LogP contribution in [-0.2, 0) is 25.6 Å². The first-order valence-corrected chi connectivity index (χ1v) is 13.6. The molecular weight excluding hydrogens is 542 g/mol. The molecule has 0 aromatic heterocycles. The van der Waals surface area contributed by atoms with Crippen LogP contribution in [0.25, 0.3) is 0 Å². The van der Waals surface area contributed by atoms with E-state index >= 15 is 0 Å². The molecule has 0 radical (unpaired) electrons. The lowest BCUT2D eigenvalue weighted by molar-refractivity contribution is -0.151. The number of benzodiazepines with no additional fused rings is 1. The zero-order chi connectivity index (χ0) is 29.5. The fourth-order valence-electron chi connectivity index (χ4n) is 4.57. The molecule has 0 bridgehead atoms. The van der Waals surface area contributed by atoms with Gasteiger partial charge in [0.2, 0.25) is 5.91 Å². The molecule has 0 fully saturated rings. The number of hydrogen-bond donors (Lipinski definition) is 4. The number of ketones is 1. The Hall–Kier alpha value is -4.32. The maximum absolute atomic E-state index is 14.3. The van der Waals surface area contributed by atoms with Crippen molar-refractivity contribution in [3.8, 4) is 0 Å². The molecule has 1 heterocycles. The number of carboxylic acid groups (broad SMARTS) is 1. The largest absolute Gasteiger partial charge is 0.480 e. The van der Waals surface area contributed by atoms with E-state index in [0.717, 1.165) is 10.0 Å². The number of Topliss-reactive ketones (excluding diaryl/α,β-unsaturated/α-hetero) is 1. The number of nitrogens with two attached hydrogens (primary N) is 1. The Morgan fingerprint density at radius 1 is 1.02 bits per heavy atom. The maximum atomic E-state index is 14.3. The van der Waals surface area contributed by atoms with E-state index in [1.807, 2.05) is 30.3 Å². The number of hydrazine groups is 1. The van der Waals surface area contributed by atoms with Gasteiger partial charge in [-0.2, -0.15) is 12.6 Å². The number of aliphatic imine (C=N–C) groups is 1. The first kappa shape index (κ1) is 29.7. The lowest BCUT2D eigenvalue weighted by Gasteiger charge is -2.38. The summed E-state index contributed by atoms with van der Waals surface area (Å²) in [7, 11) is 0. The number of carbonyl (C=O) groups is 4. The van der Waals surface area contributed by atoms with Gasteiger partial charge in [-0.1, -0.05) is 78.9 Å². The van der Waals surface area contributed by atoms with Crippen LogP contribution < -0.4 is 16.1 Å². The zero-order valence-corrected chi connectivity index (χ0v) is 23.3. The summed E-state index contributed by atoms with van der Waals surface area (Å²) in [5.74, 6) is -2.94. The summed E-state index contributed by atoms with van der Waals surface area (Å²) in [5, 5.41) is 15.2. The summed E-state index contributed by atoms with van der Waals surface area (Å²) in [4.78, 5) is 57.4. The third-order valence-corrected chi connectivity index (χ3v) is 7.00. The van der Waals surface area contributed by atoms with Crippen LogP contribution in [-0.4, -0.2) is 69.9 Å². The molecule has 1 aliphatic heterocycles. The third-order valence-electron chi connectivity index (χ3n) is 6.61. The molecule has 4 N–H and O–H groups in total. The van der Waals surface area contributed by atoms with Crippen molar-refractivity contribution < 1.29 is 24.3 Å². The maximum Gasteiger partial charge on any atom is 0.328 e. The second-order valence-corrected chi connectivity index (χ2v) is 9.82. The number of carboxylic acids is 1. The van der Waals surface area contributed by atoms with E-state index in [-0.39, 0.29) is 30.2 Å². The first-order valence-electron chi connectivity index (χ1n) is 13.0. The van der Waals surface area contributed by atoms with Gasteiger partial charge in [0, 0.05) is 30.2 Å². The van der Waals surface area contributed by atoms with Crippen LogP contribution in [0.3, 0.4) is 0 Å². The second-order valence-electron chi connectivity index (χ2n) is 9.46. The molecular formula is C30H31N5O5S. The summed E-state index contributed by atoms with van der Waals surface area (Å²) in [6.45, 7) is 0.915. The Bertz CT molecular complexity index is 1450. The van der Waals surface area contributed by atoms with Crippen LogP contribution >= 0.6 is 12.6 Å². The smallest absolute Gasteiger partial charge is 0.328 e. The first-order chi connectivity index (χ1) is 19.7. The van der Waals surface area contributed by atoms with Crippen molar-refractivity contribution >= 4 is 47.6 Å². The molecule has 0 saturated carbocycles. The van der Waals surface area contributed by atoms with Gasteiger partial charge in [-0.15, -0.1) is 0 Å². The van der Waals surface area contributed by atoms with Crippen LogP contribution in [0.2, 0.25) is 0 Å². The number of rotatable bonds is 11. The average molecular weight is 574 g/mol. The quantitative estimate of drug-likeness (QED) is 0.257. The molecule has 212 valence electrons. The highest BCUT2D eigenvalue weighted by atomic mass is 32.1. The number of fused-ring (bicyclic) bond motifs is 1. The van der Waals surface area contributed by atoms with Crippen molar-refractivity contribution in [2.45, 2.75) is 31.6 Å². The Morgan fingerprint density at radius 3 is 2.24 bits per heavy atom. The fourth-order valence-corrected chi connectivity index (χ4v) is 4.78. The number of nitrogens with one attached hydrogen (secondary N) is 1. The lowest BCUT2D eigenvalue weighted by Crippen LogP contribution is -2.61. The number of hydrogen-bond acceptors (Lipinski definition) is 8. The van der Waals surface area contributed by atoms with E-state index in [0.29, 0.717) is 22.4 Å². The van der Waals surface area contributed by atoms with Crippen molar-refractivity contribution in [3.63, 3.8) is 0 Å². The Balaban J connectivity index is 1.87. The fraction of sp³-hybridized carbons (Fsp3) is 0.233. The molecule has 2 unspecified atom stereocenters. The highest BCUT2D eigenvalue weighted by Crippen LogP contribution is 2.31. The number of aliphatic carboxylic acids is 1. The van der Waals surface area contributed by atoms with Gasteiger partial charge in [-0.25, -0.2) is 14.8 Å². The minimum Gasteiger partial charge on any atom is -0.480 e. The van der Waals surface area contributed by atoms with E-state index in [2.05, 4.69) is 17.9 Å². The van der Waals surface area contributed by atoms with Crippen LogP contribution in [0.4, 0.5) is 5.69 Å². The van der Waals surface area contributed by atoms with E-state index in [1.54, 1.807) is 54.6 Å². The van der Waals surface area contributed by atoms with Gasteiger partial charge >= 0.3 is 5.97 Å². The average Bonchev–Trinajstić information content (AvgIpc) is 3.10. The van der Waals surface area contributed by atoms with E-state index in [4.69, 9.17) is 10.7 Å². The molecule has 2 amide bonds. The van der Waals surface area contributed by atoms with Crippen molar-refractivity contribution in [1.82, 2.24) is 10.3 Å². The van der Waals surface area contributed by atoms with Gasteiger partial charge < -0.3 is 10.8 Å². The van der Waals surface area contributed by atoms with Crippen molar-refractivity contribution in [2.75, 3.05) is 17.3 Å². The molecule has 3 aromatic rings. The number of para-hydroxylation sites is 1. The number of thiol groups is 1. The lowest BCUT2D eigenvalue weighted by atomic mass is 10.0. The molecule has 3 aromatic carbocycles. The minimum absolute atomic E-state index is 0.0541. The van der Waals surface area contributed by atoms with Crippen LogP contribution in [0, 0.1) is 0 Å². The molecule has 0 saturated heterocycles. The SMILES string of the molecule is CC(=O)N([C@@H](Cc1ccccc1)C(=O)O)N1C(=O)C(NCC(=O)C(N)CS)N=C(c2ccccc2)c2ccccc21. The predicted octanol–water partition coefficient (Wildman–Crippen LogP) is 2.07. The van der Waals surface area contributed by atoms with Crippen molar-refractivity contribution in [1.29, 1.82) is 0 Å². The highest BCUT2D eigenvalue weighted by Gasteiger charge is 2.41. The molecule has 3 atom stereocenters. The van der Waals surface area contributed by atoms with Gasteiger partial charge in [0.25, 0.3) is 5.91 Å². The standard InChI is InChI=1S/C30H31N5O5S/c1-19(36)34(25(30(39)40)16-20-10-4-2-5-11-20)35-24-15-9-8-14-22(24)27(21-12-6-3-7-13-21)33-28(29(35)38)32-17-26(37)23(31)18-41/h2-15,23,25,28,32,41H,16-18,31H2,1H3,(H,39,40)/t23?,25-,28?/m0/s1. The van der Waals surface area contributed by atoms with Crippen molar-refractivity contribution in [3.05, 3.63) is 102 Å². The van der Waals surface area contributed by atoms with Crippen molar-refractivity contribution in [2.24, 2.45) is 10.7 Å². The molecule has 0 spiro atoms.